The molecule has 0 aliphatic heterocycles. The van der Waals surface area contributed by atoms with Crippen LogP contribution >= 0.6 is 0 Å². The van der Waals surface area contributed by atoms with E-state index in [-0.39, 0.29) is 0 Å². The molecular formula is C11H8F3NO. The van der Waals surface area contributed by atoms with Crippen molar-refractivity contribution in [2.24, 2.45) is 0 Å². The largest absolute Gasteiger partial charge is 0.444 e. The summed E-state index contributed by atoms with van der Waals surface area (Å²) in [5.41, 5.74) is 0.463. The minimum atomic E-state index is -4.31. The molecule has 2 aromatic rings. The van der Waals surface area contributed by atoms with E-state index in [0.29, 0.717) is 16.9 Å². The van der Waals surface area contributed by atoms with E-state index in [1.54, 1.807) is 6.92 Å². The summed E-state index contributed by atoms with van der Waals surface area (Å²) in [5, 5.41) is 0. The molecule has 0 amide bonds. The minimum absolute atomic E-state index is 0.464. The van der Waals surface area contributed by atoms with Gasteiger partial charge in [-0.05, 0) is 24.6 Å². The van der Waals surface area contributed by atoms with Crippen LogP contribution in [0.3, 0.4) is 0 Å². The number of hydrogen-bond acceptors (Lipinski definition) is 2. The van der Waals surface area contributed by atoms with Crippen molar-refractivity contribution in [3.05, 3.63) is 41.9 Å². The molecule has 1 aromatic heterocycles. The monoisotopic (exact) mass is 227 g/mol. The number of benzene rings is 1. The lowest BCUT2D eigenvalue weighted by Gasteiger charge is -2.09. The van der Waals surface area contributed by atoms with Gasteiger partial charge in [0, 0.05) is 5.56 Å². The summed E-state index contributed by atoms with van der Waals surface area (Å²) in [6, 6.07) is 3.52. The Labute approximate surface area is 89.7 Å². The third-order valence-corrected chi connectivity index (χ3v) is 2.25. The quantitative estimate of drug-likeness (QED) is 0.742. The second-order valence-electron chi connectivity index (χ2n) is 3.39. The van der Waals surface area contributed by atoms with Crippen molar-refractivity contribution < 1.29 is 17.6 Å². The standard InChI is InChI=1S/C11H8F3NO/c1-7-4-8(11(12,13)14)2-3-9(7)10-5-15-6-16-10/h2-6H,1H3. The lowest BCUT2D eigenvalue weighted by atomic mass is 10.0. The normalized spacial score (nSPS) is 11.8. The second-order valence-corrected chi connectivity index (χ2v) is 3.39. The van der Waals surface area contributed by atoms with Crippen LogP contribution in [-0.2, 0) is 6.18 Å². The summed E-state index contributed by atoms with van der Waals surface area (Å²) in [5.74, 6) is 0.464. The molecule has 0 N–H and O–H groups in total. The fraction of sp³-hybridized carbons (Fsp3) is 0.182. The van der Waals surface area contributed by atoms with E-state index >= 15 is 0 Å². The van der Waals surface area contributed by atoms with Gasteiger partial charge < -0.3 is 4.42 Å². The Morgan fingerprint density at radius 2 is 2.00 bits per heavy atom. The Balaban J connectivity index is 2.46. The average Bonchev–Trinajstić information content (AvgIpc) is 2.69. The molecule has 0 saturated heterocycles. The van der Waals surface area contributed by atoms with Gasteiger partial charge in [-0.1, -0.05) is 6.07 Å². The molecule has 5 heteroatoms. The Morgan fingerprint density at radius 3 is 2.50 bits per heavy atom. The summed E-state index contributed by atoms with van der Waals surface area (Å²) < 4.78 is 42.3. The van der Waals surface area contributed by atoms with E-state index in [4.69, 9.17) is 4.42 Å². The highest BCUT2D eigenvalue weighted by molar-refractivity contribution is 5.61. The Kier molecular flexibility index (Phi) is 2.46. The molecule has 1 aromatic carbocycles. The maximum atomic E-state index is 12.4. The molecule has 1 heterocycles. The van der Waals surface area contributed by atoms with Gasteiger partial charge in [0.15, 0.2) is 12.2 Å². The van der Waals surface area contributed by atoms with Crippen molar-refractivity contribution >= 4 is 0 Å². The third-order valence-electron chi connectivity index (χ3n) is 2.25. The van der Waals surface area contributed by atoms with Crippen molar-refractivity contribution in [2.45, 2.75) is 13.1 Å². The van der Waals surface area contributed by atoms with Gasteiger partial charge in [0.05, 0.1) is 11.8 Å². The fourth-order valence-corrected chi connectivity index (χ4v) is 1.47. The first-order valence-corrected chi connectivity index (χ1v) is 4.55. The van der Waals surface area contributed by atoms with E-state index in [2.05, 4.69) is 4.98 Å². The Bertz CT molecular complexity index is 488. The first-order valence-electron chi connectivity index (χ1n) is 4.55. The molecule has 2 nitrogen and oxygen atoms in total. The maximum absolute atomic E-state index is 12.4. The van der Waals surface area contributed by atoms with Gasteiger partial charge in [-0.3, -0.25) is 0 Å². The van der Waals surface area contributed by atoms with Gasteiger partial charge in [-0.25, -0.2) is 4.98 Å². The summed E-state index contributed by atoms with van der Waals surface area (Å²) in [4.78, 5) is 3.72. The topological polar surface area (TPSA) is 26.0 Å². The minimum Gasteiger partial charge on any atom is -0.444 e. The van der Waals surface area contributed by atoms with Crippen molar-refractivity contribution in [3.8, 4) is 11.3 Å². The van der Waals surface area contributed by atoms with Crippen LogP contribution in [0, 0.1) is 6.92 Å². The number of aromatic nitrogens is 1. The molecule has 0 aliphatic rings. The van der Waals surface area contributed by atoms with E-state index in [9.17, 15) is 13.2 Å². The zero-order valence-electron chi connectivity index (χ0n) is 8.38. The predicted octanol–water partition coefficient (Wildman–Crippen LogP) is 3.67. The number of alkyl halides is 3. The van der Waals surface area contributed by atoms with Crippen LogP contribution in [0.15, 0.2) is 35.2 Å². The first-order chi connectivity index (χ1) is 7.48. The van der Waals surface area contributed by atoms with Gasteiger partial charge in [0.25, 0.3) is 0 Å². The molecule has 0 saturated carbocycles. The molecule has 16 heavy (non-hydrogen) atoms. The van der Waals surface area contributed by atoms with Gasteiger partial charge in [0.1, 0.15) is 0 Å². The number of hydrogen-bond donors (Lipinski definition) is 0. The Hall–Kier alpha value is -1.78. The molecule has 2 rings (SSSR count). The summed E-state index contributed by atoms with van der Waals surface area (Å²) in [7, 11) is 0. The van der Waals surface area contributed by atoms with Crippen molar-refractivity contribution in [1.29, 1.82) is 0 Å². The Morgan fingerprint density at radius 1 is 1.25 bits per heavy atom. The molecule has 0 unspecified atom stereocenters. The van der Waals surface area contributed by atoms with Gasteiger partial charge in [-0.15, -0.1) is 0 Å². The first kappa shape index (κ1) is 10.7. The van der Waals surface area contributed by atoms with Crippen LogP contribution in [-0.4, -0.2) is 4.98 Å². The van der Waals surface area contributed by atoms with Crippen molar-refractivity contribution in [2.75, 3.05) is 0 Å². The number of halogens is 3. The van der Waals surface area contributed by atoms with Crippen molar-refractivity contribution in [3.63, 3.8) is 0 Å². The SMILES string of the molecule is Cc1cc(C(F)(F)F)ccc1-c1cnco1. The fourth-order valence-electron chi connectivity index (χ4n) is 1.47. The zero-order valence-corrected chi connectivity index (χ0v) is 8.38. The maximum Gasteiger partial charge on any atom is 0.416 e. The van der Waals surface area contributed by atoms with Crippen LogP contribution in [0.2, 0.25) is 0 Å². The summed E-state index contributed by atoms with van der Waals surface area (Å²) in [6.45, 7) is 1.60. The smallest absolute Gasteiger partial charge is 0.416 e. The van der Waals surface area contributed by atoms with Crippen molar-refractivity contribution in [1.82, 2.24) is 4.98 Å². The van der Waals surface area contributed by atoms with E-state index in [1.807, 2.05) is 0 Å². The number of nitrogens with zero attached hydrogens (tertiary/aromatic N) is 1. The van der Waals surface area contributed by atoms with Crippen LogP contribution < -0.4 is 0 Å². The number of oxazole rings is 1. The summed E-state index contributed by atoms with van der Waals surface area (Å²) in [6.07, 6.45) is -1.60. The highest BCUT2D eigenvalue weighted by Gasteiger charge is 2.30. The molecular weight excluding hydrogens is 219 g/mol. The molecule has 0 bridgehead atoms. The van der Waals surface area contributed by atoms with Crippen LogP contribution in [0.25, 0.3) is 11.3 Å². The molecule has 0 spiro atoms. The molecule has 0 aliphatic carbocycles. The van der Waals surface area contributed by atoms with Crippen LogP contribution in [0.5, 0.6) is 0 Å². The highest BCUT2D eigenvalue weighted by Crippen LogP contribution is 2.32. The van der Waals surface area contributed by atoms with Gasteiger partial charge in [-0.2, -0.15) is 13.2 Å². The molecule has 0 atom stereocenters. The molecule has 0 fully saturated rings. The average molecular weight is 227 g/mol. The highest BCUT2D eigenvalue weighted by atomic mass is 19.4. The summed E-state index contributed by atoms with van der Waals surface area (Å²) >= 11 is 0. The van der Waals surface area contributed by atoms with Gasteiger partial charge in [0.2, 0.25) is 0 Å². The second kappa shape index (κ2) is 3.66. The van der Waals surface area contributed by atoms with Crippen LogP contribution in [0.1, 0.15) is 11.1 Å². The number of rotatable bonds is 1. The predicted molar refractivity (Wildman–Crippen MR) is 51.7 cm³/mol. The lowest BCUT2D eigenvalue weighted by Crippen LogP contribution is -2.05. The van der Waals surface area contributed by atoms with E-state index in [0.717, 1.165) is 12.1 Å². The molecule has 84 valence electrons. The molecule has 0 radical (unpaired) electrons. The van der Waals surface area contributed by atoms with Crippen LogP contribution in [0.4, 0.5) is 13.2 Å². The van der Waals surface area contributed by atoms with E-state index in [1.165, 1.54) is 18.7 Å². The zero-order chi connectivity index (χ0) is 11.8. The third kappa shape index (κ3) is 1.93. The van der Waals surface area contributed by atoms with Gasteiger partial charge >= 0.3 is 6.18 Å². The number of aryl methyl sites for hydroxylation is 1. The van der Waals surface area contributed by atoms with E-state index < -0.39 is 11.7 Å². The lowest BCUT2D eigenvalue weighted by molar-refractivity contribution is -0.137.